The van der Waals surface area contributed by atoms with Crippen LogP contribution in [0.2, 0.25) is 0 Å². The highest BCUT2D eigenvalue weighted by Crippen LogP contribution is 2.22. The van der Waals surface area contributed by atoms with E-state index in [0.29, 0.717) is 13.1 Å². The molecule has 0 unspecified atom stereocenters. The third kappa shape index (κ3) is 5.30. The van der Waals surface area contributed by atoms with E-state index in [9.17, 15) is 18.0 Å². The van der Waals surface area contributed by atoms with Gasteiger partial charge in [-0.15, -0.1) is 13.2 Å². The van der Waals surface area contributed by atoms with Gasteiger partial charge in [-0.2, -0.15) is 5.10 Å². The van der Waals surface area contributed by atoms with Crippen LogP contribution in [0.3, 0.4) is 0 Å². The predicted molar refractivity (Wildman–Crippen MR) is 90.9 cm³/mol. The molecule has 0 saturated heterocycles. The quantitative estimate of drug-likeness (QED) is 0.717. The lowest BCUT2D eigenvalue weighted by Crippen LogP contribution is -2.27. The number of pyridine rings is 1. The largest absolute Gasteiger partial charge is 0.573 e. The Morgan fingerprint density at radius 3 is 2.44 bits per heavy atom. The first-order chi connectivity index (χ1) is 12.9. The fourth-order valence-electron chi connectivity index (χ4n) is 2.37. The van der Waals surface area contributed by atoms with E-state index < -0.39 is 12.3 Å². The third-order valence-corrected chi connectivity index (χ3v) is 3.62. The molecule has 3 rings (SSSR count). The molecular weight excluding hydrogens is 361 g/mol. The molecule has 6 nitrogen and oxygen atoms in total. The minimum atomic E-state index is -4.76. The van der Waals surface area contributed by atoms with Crippen molar-refractivity contribution in [2.24, 2.45) is 0 Å². The number of rotatable bonds is 6. The number of benzene rings is 1. The molecule has 0 aliphatic heterocycles. The molecule has 2 heterocycles. The van der Waals surface area contributed by atoms with Crippen molar-refractivity contribution in [2.75, 3.05) is 6.54 Å². The van der Waals surface area contributed by atoms with E-state index in [1.165, 1.54) is 12.1 Å². The van der Waals surface area contributed by atoms with Crippen molar-refractivity contribution in [3.05, 3.63) is 66.7 Å². The van der Waals surface area contributed by atoms with Crippen molar-refractivity contribution in [1.82, 2.24) is 20.1 Å². The molecule has 0 bridgehead atoms. The van der Waals surface area contributed by atoms with Gasteiger partial charge in [0.25, 0.3) is 5.91 Å². The Kier molecular flexibility index (Phi) is 5.39. The highest BCUT2D eigenvalue weighted by atomic mass is 19.4. The van der Waals surface area contributed by atoms with E-state index in [4.69, 9.17) is 0 Å². The molecule has 3 aromatic rings. The predicted octanol–water partition coefficient (Wildman–Crippen LogP) is 3.27. The number of nitrogens with one attached hydrogen (secondary N) is 1. The lowest BCUT2D eigenvalue weighted by Gasteiger charge is -2.09. The number of nitrogens with zero attached hydrogens (tertiary/aromatic N) is 3. The molecule has 1 aromatic carbocycles. The van der Waals surface area contributed by atoms with E-state index >= 15 is 0 Å². The van der Waals surface area contributed by atoms with E-state index in [-0.39, 0.29) is 11.3 Å². The minimum absolute atomic E-state index is 0.238. The molecular formula is C18H15F3N4O2. The molecule has 0 spiro atoms. The molecule has 0 aliphatic carbocycles. The summed E-state index contributed by atoms with van der Waals surface area (Å²) in [6, 6.07) is 8.47. The standard InChI is InChI=1S/C18H15F3N4O2/c19-18(20,21)27-16-3-1-14(2-4-16)17(26)23-9-10-25-12-15(11-24-25)13-5-7-22-8-6-13/h1-8,11-12H,9-10H2,(H,23,26). The summed E-state index contributed by atoms with van der Waals surface area (Å²) >= 11 is 0. The summed E-state index contributed by atoms with van der Waals surface area (Å²) < 4.78 is 41.8. The van der Waals surface area contributed by atoms with Crippen molar-refractivity contribution in [1.29, 1.82) is 0 Å². The number of ether oxygens (including phenoxy) is 1. The molecule has 1 amide bonds. The number of carbonyl (C=O) groups is 1. The summed E-state index contributed by atoms with van der Waals surface area (Å²) in [5.74, 6) is -0.769. The van der Waals surface area contributed by atoms with Gasteiger partial charge in [-0.3, -0.25) is 14.5 Å². The minimum Gasteiger partial charge on any atom is -0.406 e. The van der Waals surface area contributed by atoms with Crippen LogP contribution >= 0.6 is 0 Å². The molecule has 0 fully saturated rings. The smallest absolute Gasteiger partial charge is 0.406 e. The summed E-state index contributed by atoms with van der Waals surface area (Å²) in [4.78, 5) is 16.0. The lowest BCUT2D eigenvalue weighted by atomic mass is 10.1. The molecule has 0 atom stereocenters. The molecule has 0 aliphatic rings. The first-order valence-electron chi connectivity index (χ1n) is 7.97. The number of halogens is 3. The Bertz CT molecular complexity index is 893. The van der Waals surface area contributed by atoms with Crippen LogP contribution in [0.15, 0.2) is 61.2 Å². The molecule has 0 saturated carbocycles. The van der Waals surface area contributed by atoms with Gasteiger partial charge in [-0.25, -0.2) is 0 Å². The highest BCUT2D eigenvalue weighted by Gasteiger charge is 2.31. The first kappa shape index (κ1) is 18.4. The second-order valence-corrected chi connectivity index (χ2v) is 5.56. The summed E-state index contributed by atoms with van der Waals surface area (Å²) in [6.07, 6.45) is 2.19. The summed E-state index contributed by atoms with van der Waals surface area (Å²) in [5.41, 5.74) is 2.16. The number of amides is 1. The van der Waals surface area contributed by atoms with Crippen molar-refractivity contribution in [3.63, 3.8) is 0 Å². The number of alkyl halides is 3. The third-order valence-electron chi connectivity index (χ3n) is 3.62. The van der Waals surface area contributed by atoms with Gasteiger partial charge in [0.05, 0.1) is 12.7 Å². The maximum atomic E-state index is 12.1. The zero-order chi connectivity index (χ0) is 19.3. The normalized spacial score (nSPS) is 11.2. The molecule has 27 heavy (non-hydrogen) atoms. The Hall–Kier alpha value is -3.36. The Labute approximate surface area is 152 Å². The van der Waals surface area contributed by atoms with Crippen LogP contribution in [0.4, 0.5) is 13.2 Å². The van der Waals surface area contributed by atoms with Gasteiger partial charge >= 0.3 is 6.36 Å². The maximum Gasteiger partial charge on any atom is 0.573 e. The van der Waals surface area contributed by atoms with E-state index in [2.05, 4.69) is 20.1 Å². The van der Waals surface area contributed by atoms with Crippen LogP contribution < -0.4 is 10.1 Å². The van der Waals surface area contributed by atoms with E-state index in [1.54, 1.807) is 23.3 Å². The van der Waals surface area contributed by atoms with Gasteiger partial charge in [0.2, 0.25) is 0 Å². The Balaban J connectivity index is 1.50. The van der Waals surface area contributed by atoms with E-state index in [1.807, 2.05) is 18.3 Å². The fraction of sp³-hybridized carbons (Fsp3) is 0.167. The van der Waals surface area contributed by atoms with Crippen molar-refractivity contribution in [3.8, 4) is 16.9 Å². The Morgan fingerprint density at radius 2 is 1.78 bits per heavy atom. The van der Waals surface area contributed by atoms with Crippen molar-refractivity contribution < 1.29 is 22.7 Å². The van der Waals surface area contributed by atoms with E-state index in [0.717, 1.165) is 23.3 Å². The summed E-state index contributed by atoms with van der Waals surface area (Å²) in [5, 5.41) is 6.92. The average Bonchev–Trinajstić information content (AvgIpc) is 3.10. The van der Waals surface area contributed by atoms with Gasteiger partial charge in [-0.05, 0) is 42.0 Å². The van der Waals surface area contributed by atoms with Crippen LogP contribution in [0.25, 0.3) is 11.1 Å². The second kappa shape index (κ2) is 7.90. The number of aromatic nitrogens is 3. The number of hydrogen-bond donors (Lipinski definition) is 1. The van der Waals surface area contributed by atoms with Gasteiger partial charge in [0, 0.05) is 36.3 Å². The molecule has 1 N–H and O–H groups in total. The van der Waals surface area contributed by atoms with Crippen LogP contribution in [0.1, 0.15) is 10.4 Å². The maximum absolute atomic E-state index is 12.1. The van der Waals surface area contributed by atoms with Crippen LogP contribution in [0, 0.1) is 0 Å². The van der Waals surface area contributed by atoms with Crippen molar-refractivity contribution in [2.45, 2.75) is 12.9 Å². The zero-order valence-corrected chi connectivity index (χ0v) is 14.0. The number of carbonyl (C=O) groups excluding carboxylic acids is 1. The average molecular weight is 376 g/mol. The summed E-state index contributed by atoms with van der Waals surface area (Å²) in [7, 11) is 0. The van der Waals surface area contributed by atoms with Gasteiger partial charge in [0.15, 0.2) is 0 Å². The topological polar surface area (TPSA) is 69.0 Å². The van der Waals surface area contributed by atoms with Gasteiger partial charge < -0.3 is 10.1 Å². The van der Waals surface area contributed by atoms with Gasteiger partial charge in [0.1, 0.15) is 5.75 Å². The van der Waals surface area contributed by atoms with Crippen LogP contribution in [-0.2, 0) is 6.54 Å². The number of hydrogen-bond acceptors (Lipinski definition) is 4. The highest BCUT2D eigenvalue weighted by molar-refractivity contribution is 5.94. The zero-order valence-electron chi connectivity index (χ0n) is 14.0. The summed E-state index contributed by atoms with van der Waals surface area (Å²) in [6.45, 7) is 0.767. The molecule has 0 radical (unpaired) electrons. The van der Waals surface area contributed by atoms with Crippen LogP contribution in [-0.4, -0.2) is 33.6 Å². The van der Waals surface area contributed by atoms with Gasteiger partial charge in [-0.1, -0.05) is 0 Å². The molecule has 140 valence electrons. The molecule has 9 heteroatoms. The second-order valence-electron chi connectivity index (χ2n) is 5.56. The van der Waals surface area contributed by atoms with Crippen LogP contribution in [0.5, 0.6) is 5.75 Å². The SMILES string of the molecule is O=C(NCCn1cc(-c2ccncc2)cn1)c1ccc(OC(F)(F)F)cc1. The van der Waals surface area contributed by atoms with Crippen molar-refractivity contribution >= 4 is 5.91 Å². The lowest BCUT2D eigenvalue weighted by molar-refractivity contribution is -0.274. The first-order valence-corrected chi connectivity index (χ1v) is 7.97. The Morgan fingerprint density at radius 1 is 1.07 bits per heavy atom. The molecule has 2 aromatic heterocycles. The monoisotopic (exact) mass is 376 g/mol. The fourth-order valence-corrected chi connectivity index (χ4v) is 2.37.